The highest BCUT2D eigenvalue weighted by Crippen LogP contribution is 2.06. The molecule has 0 radical (unpaired) electrons. The predicted octanol–water partition coefficient (Wildman–Crippen LogP) is 5.45. The highest BCUT2D eigenvalue weighted by Gasteiger charge is 1.93. The minimum atomic E-state index is 0. The molecule has 2 rings (SSSR count). The summed E-state index contributed by atoms with van der Waals surface area (Å²) in [5.74, 6) is 0. The molecule has 0 aliphatic carbocycles. The zero-order valence-corrected chi connectivity index (χ0v) is 15.0. The van der Waals surface area contributed by atoms with Crippen LogP contribution >= 0.6 is 24.8 Å². The summed E-state index contributed by atoms with van der Waals surface area (Å²) < 4.78 is 0. The summed E-state index contributed by atoms with van der Waals surface area (Å²) in [6.07, 6.45) is 6.01. The molecule has 22 heavy (non-hydrogen) atoms. The summed E-state index contributed by atoms with van der Waals surface area (Å²) in [6.45, 7) is 3.03. The van der Waals surface area contributed by atoms with Crippen LogP contribution < -0.4 is 5.73 Å². The second-order valence-corrected chi connectivity index (χ2v) is 4.97. The SMILES string of the molecule is CCCCCN.Cl.Cl.c1ccc(CCc2ccccc2)cc1. The van der Waals surface area contributed by atoms with Crippen molar-refractivity contribution >= 4 is 24.8 Å². The fourth-order valence-corrected chi connectivity index (χ4v) is 1.97. The summed E-state index contributed by atoms with van der Waals surface area (Å²) in [4.78, 5) is 0. The van der Waals surface area contributed by atoms with Crippen molar-refractivity contribution in [1.82, 2.24) is 0 Å². The van der Waals surface area contributed by atoms with Crippen molar-refractivity contribution in [2.75, 3.05) is 6.54 Å². The highest BCUT2D eigenvalue weighted by atomic mass is 35.5. The van der Waals surface area contributed by atoms with E-state index in [1.165, 1.54) is 30.4 Å². The molecule has 0 aliphatic rings. The number of rotatable bonds is 6. The van der Waals surface area contributed by atoms with Crippen molar-refractivity contribution in [3.63, 3.8) is 0 Å². The van der Waals surface area contributed by atoms with Crippen LogP contribution in [0, 0.1) is 0 Å². The van der Waals surface area contributed by atoms with E-state index in [0.29, 0.717) is 0 Å². The monoisotopic (exact) mass is 341 g/mol. The van der Waals surface area contributed by atoms with Gasteiger partial charge in [0, 0.05) is 0 Å². The first-order valence-corrected chi connectivity index (χ1v) is 7.64. The van der Waals surface area contributed by atoms with E-state index in [-0.39, 0.29) is 24.8 Å². The third-order valence-electron chi connectivity index (χ3n) is 3.20. The predicted molar refractivity (Wildman–Crippen MR) is 103 cm³/mol. The molecule has 3 heteroatoms. The number of aryl methyl sites for hydroxylation is 2. The van der Waals surface area contributed by atoms with Gasteiger partial charge in [-0.25, -0.2) is 0 Å². The van der Waals surface area contributed by atoms with Crippen molar-refractivity contribution < 1.29 is 0 Å². The first-order chi connectivity index (χ1) is 9.86. The minimum Gasteiger partial charge on any atom is -0.330 e. The fourth-order valence-electron chi connectivity index (χ4n) is 1.97. The standard InChI is InChI=1S/C14H14.C5H13N.2ClH/c1-3-7-13(8-4-1)11-12-14-9-5-2-6-10-14;1-2-3-4-5-6;;/h1-10H,11-12H2;2-6H2,1H3;2*1H. The lowest BCUT2D eigenvalue weighted by atomic mass is 10.0. The number of halogens is 2. The number of nitrogens with two attached hydrogens (primary N) is 1. The molecule has 0 amide bonds. The Labute approximate surface area is 148 Å². The van der Waals surface area contributed by atoms with Gasteiger partial charge >= 0.3 is 0 Å². The average Bonchev–Trinajstić information content (AvgIpc) is 2.53. The first kappa shape index (κ1) is 23.2. The van der Waals surface area contributed by atoms with E-state index < -0.39 is 0 Å². The van der Waals surface area contributed by atoms with Crippen LogP contribution in [0.2, 0.25) is 0 Å². The van der Waals surface area contributed by atoms with Crippen LogP contribution in [-0.4, -0.2) is 6.54 Å². The van der Waals surface area contributed by atoms with Gasteiger partial charge in [-0.05, 0) is 36.9 Å². The molecular formula is C19H29Cl2N. The van der Waals surface area contributed by atoms with Gasteiger partial charge in [0.2, 0.25) is 0 Å². The summed E-state index contributed by atoms with van der Waals surface area (Å²) in [7, 11) is 0. The van der Waals surface area contributed by atoms with Crippen molar-refractivity contribution in [3.8, 4) is 0 Å². The molecule has 0 aromatic heterocycles. The smallest absolute Gasteiger partial charge is 0.00773 e. The van der Waals surface area contributed by atoms with Crippen LogP contribution in [0.4, 0.5) is 0 Å². The lowest BCUT2D eigenvalue weighted by molar-refractivity contribution is 0.727. The van der Waals surface area contributed by atoms with Crippen LogP contribution in [0.25, 0.3) is 0 Å². The van der Waals surface area contributed by atoms with Crippen LogP contribution in [0.1, 0.15) is 37.3 Å². The van der Waals surface area contributed by atoms with Crippen molar-refractivity contribution in [3.05, 3.63) is 71.8 Å². The van der Waals surface area contributed by atoms with Gasteiger partial charge in [-0.3, -0.25) is 0 Å². The lowest BCUT2D eigenvalue weighted by Crippen LogP contribution is -1.96. The first-order valence-electron chi connectivity index (χ1n) is 7.64. The number of benzene rings is 2. The van der Waals surface area contributed by atoms with Crippen molar-refractivity contribution in [2.24, 2.45) is 5.73 Å². The maximum Gasteiger partial charge on any atom is -0.00773 e. The maximum absolute atomic E-state index is 5.21. The van der Waals surface area contributed by atoms with E-state index in [0.717, 1.165) is 19.4 Å². The molecule has 0 atom stereocenters. The summed E-state index contributed by atoms with van der Waals surface area (Å²) >= 11 is 0. The van der Waals surface area contributed by atoms with E-state index in [2.05, 4.69) is 67.6 Å². The average molecular weight is 342 g/mol. The molecule has 0 unspecified atom stereocenters. The van der Waals surface area contributed by atoms with Gasteiger partial charge in [0.1, 0.15) is 0 Å². The third-order valence-corrected chi connectivity index (χ3v) is 3.20. The number of unbranched alkanes of at least 4 members (excludes halogenated alkanes) is 2. The van der Waals surface area contributed by atoms with Crippen LogP contribution in [-0.2, 0) is 12.8 Å². The Kier molecular flexibility index (Phi) is 17.3. The Hall–Kier alpha value is -1.02. The molecule has 124 valence electrons. The normalized spacial score (nSPS) is 8.82. The van der Waals surface area contributed by atoms with Gasteiger partial charge in [0.15, 0.2) is 0 Å². The lowest BCUT2D eigenvalue weighted by Gasteiger charge is -2.01. The Morgan fingerprint density at radius 3 is 1.36 bits per heavy atom. The Bertz CT molecular complexity index is 388. The molecule has 1 nitrogen and oxygen atoms in total. The zero-order chi connectivity index (χ0) is 14.5. The Morgan fingerprint density at radius 1 is 0.682 bits per heavy atom. The van der Waals surface area contributed by atoms with Gasteiger partial charge in [-0.2, -0.15) is 0 Å². The maximum atomic E-state index is 5.21. The molecule has 0 saturated heterocycles. The second kappa shape index (κ2) is 16.4. The molecule has 0 aliphatic heterocycles. The Balaban J connectivity index is 0. The van der Waals surface area contributed by atoms with Crippen molar-refractivity contribution in [2.45, 2.75) is 39.0 Å². The molecule has 0 heterocycles. The second-order valence-electron chi connectivity index (χ2n) is 4.97. The quantitative estimate of drug-likeness (QED) is 0.694. The third kappa shape index (κ3) is 11.6. The summed E-state index contributed by atoms with van der Waals surface area (Å²) in [5.41, 5.74) is 8.04. The van der Waals surface area contributed by atoms with Crippen molar-refractivity contribution in [1.29, 1.82) is 0 Å². The largest absolute Gasteiger partial charge is 0.330 e. The number of hydrogen-bond acceptors (Lipinski definition) is 1. The summed E-state index contributed by atoms with van der Waals surface area (Å²) in [5, 5.41) is 0. The van der Waals surface area contributed by atoms with Crippen LogP contribution in [0.5, 0.6) is 0 Å². The zero-order valence-electron chi connectivity index (χ0n) is 13.4. The Morgan fingerprint density at radius 2 is 1.09 bits per heavy atom. The molecule has 2 aromatic carbocycles. The van der Waals surface area contributed by atoms with E-state index in [1.54, 1.807) is 0 Å². The fraction of sp³-hybridized carbons (Fsp3) is 0.368. The molecule has 2 N–H and O–H groups in total. The van der Waals surface area contributed by atoms with Gasteiger partial charge in [-0.15, -0.1) is 24.8 Å². The van der Waals surface area contributed by atoms with Gasteiger partial charge in [0.25, 0.3) is 0 Å². The molecule has 0 spiro atoms. The highest BCUT2D eigenvalue weighted by molar-refractivity contribution is 5.85. The number of hydrogen-bond donors (Lipinski definition) is 1. The topological polar surface area (TPSA) is 26.0 Å². The van der Waals surface area contributed by atoms with Gasteiger partial charge in [-0.1, -0.05) is 80.4 Å². The summed E-state index contributed by atoms with van der Waals surface area (Å²) in [6, 6.07) is 21.2. The molecular weight excluding hydrogens is 313 g/mol. The molecule has 0 saturated carbocycles. The van der Waals surface area contributed by atoms with Gasteiger partial charge < -0.3 is 5.73 Å². The van der Waals surface area contributed by atoms with Crippen LogP contribution in [0.3, 0.4) is 0 Å². The minimum absolute atomic E-state index is 0. The molecule has 2 aromatic rings. The van der Waals surface area contributed by atoms with Gasteiger partial charge in [0.05, 0.1) is 0 Å². The van der Waals surface area contributed by atoms with Crippen LogP contribution in [0.15, 0.2) is 60.7 Å². The molecule has 0 fully saturated rings. The van der Waals surface area contributed by atoms with E-state index in [4.69, 9.17) is 5.73 Å². The van der Waals surface area contributed by atoms with E-state index in [9.17, 15) is 0 Å². The van der Waals surface area contributed by atoms with E-state index in [1.807, 2.05) is 0 Å². The molecule has 0 bridgehead atoms. The van der Waals surface area contributed by atoms with E-state index >= 15 is 0 Å².